The van der Waals surface area contributed by atoms with Gasteiger partial charge in [-0.1, -0.05) is 55.4 Å². The van der Waals surface area contributed by atoms with Gasteiger partial charge in [-0.2, -0.15) is 0 Å². The molecule has 0 aromatic carbocycles. The molecule has 0 N–H and O–H groups in total. The van der Waals surface area contributed by atoms with Gasteiger partial charge in [-0.05, 0) is 73.0 Å². The van der Waals surface area contributed by atoms with E-state index in [1.807, 2.05) is 0 Å². The van der Waals surface area contributed by atoms with Crippen LogP contribution in [0.15, 0.2) is 0 Å². The van der Waals surface area contributed by atoms with Crippen molar-refractivity contribution in [1.82, 2.24) is 0 Å². The Hall–Kier alpha value is 0.434. The zero-order chi connectivity index (χ0) is 20.0. The van der Waals surface area contributed by atoms with Crippen molar-refractivity contribution in [3.8, 4) is 0 Å². The molecule has 0 saturated heterocycles. The van der Waals surface area contributed by atoms with E-state index in [0.717, 1.165) is 6.42 Å². The molecule has 0 aromatic heterocycles. The second kappa shape index (κ2) is 12.1. The van der Waals surface area contributed by atoms with Crippen LogP contribution >= 0.6 is 0 Å². The second-order valence-corrected chi connectivity index (χ2v) is 7.39. The van der Waals surface area contributed by atoms with E-state index in [1.54, 1.807) is 0 Å². The molecule has 0 amide bonds. The number of rotatable bonds is 0. The van der Waals surface area contributed by atoms with Crippen LogP contribution in [0.5, 0.6) is 0 Å². The van der Waals surface area contributed by atoms with E-state index in [0.29, 0.717) is 5.41 Å². The molecule has 2 aliphatic carbocycles. The van der Waals surface area contributed by atoms with E-state index in [-0.39, 0.29) is 20.1 Å². The van der Waals surface area contributed by atoms with Crippen molar-refractivity contribution in [3.63, 3.8) is 0 Å². The molecular weight excluding hydrogens is 519 g/mol. The molecule has 2 saturated carbocycles. The molecule has 0 nitrogen and oxygen atoms in total. The quantitative estimate of drug-likeness (QED) is 0.224. The van der Waals surface area contributed by atoms with E-state index >= 15 is 0 Å². The Morgan fingerprint density at radius 1 is 0.731 bits per heavy atom. The van der Waals surface area contributed by atoms with Gasteiger partial charge in [0.15, 0.2) is 0 Å². The van der Waals surface area contributed by atoms with Crippen molar-refractivity contribution >= 4 is 7.25 Å². The van der Waals surface area contributed by atoms with E-state index in [2.05, 4.69) is 81.1 Å². The molecule has 26 heavy (non-hydrogen) atoms. The summed E-state index contributed by atoms with van der Waals surface area (Å²) in [7, 11) is -6.00. The summed E-state index contributed by atoms with van der Waals surface area (Å²) in [6.07, 6.45) is 9.78. The normalized spacial score (nSPS) is 22.2. The molecule has 0 heterocycles. The van der Waals surface area contributed by atoms with Gasteiger partial charge in [-0.25, -0.2) is 0 Å². The maximum atomic E-state index is 9.75. The number of halogens is 4. The first-order valence-electron chi connectivity index (χ1n) is 8.42. The molecule has 0 unspecified atom stereocenters. The molecule has 0 spiro atoms. The zero-order valence-electron chi connectivity index (χ0n) is 16.9. The summed E-state index contributed by atoms with van der Waals surface area (Å²) < 4.78 is 39.0. The SMILES string of the molecule is CC(C)(C)[C]1[CH][CH][CH][CH]C1.C[C]1[C](C)[C](C)[C](C)[C]1C.F[B-](F)(F)F.[Ir]. The first-order chi connectivity index (χ1) is 11.2. The monoisotopic (exact) mass is 550 g/mol. The predicted octanol–water partition coefficient (Wildman–Crippen LogP) is 7.10. The fourth-order valence-electron chi connectivity index (χ4n) is 2.48. The third-order valence-corrected chi connectivity index (χ3v) is 4.66. The van der Waals surface area contributed by atoms with Gasteiger partial charge < -0.3 is 17.3 Å². The fraction of sp³-hybridized carbons (Fsp3) is 0.500. The van der Waals surface area contributed by atoms with Gasteiger partial charge in [-0.3, -0.25) is 0 Å². The Balaban J connectivity index is 0. The summed E-state index contributed by atoms with van der Waals surface area (Å²) >= 11 is 0. The minimum Gasteiger partial charge on any atom is -0.418 e. The summed E-state index contributed by atoms with van der Waals surface area (Å²) in [4.78, 5) is 0. The van der Waals surface area contributed by atoms with Gasteiger partial charge in [-0.15, -0.1) is 0 Å². The Bertz CT molecular complexity index is 311. The first-order valence-corrected chi connectivity index (χ1v) is 8.42. The van der Waals surface area contributed by atoms with Gasteiger partial charge in [0.05, 0.1) is 0 Å². The largest absolute Gasteiger partial charge is 0.673 e. The van der Waals surface area contributed by atoms with Gasteiger partial charge >= 0.3 is 7.25 Å². The van der Waals surface area contributed by atoms with Crippen LogP contribution in [0.2, 0.25) is 0 Å². The Labute approximate surface area is 173 Å². The maximum absolute atomic E-state index is 9.75. The Morgan fingerprint density at radius 2 is 1.04 bits per heavy atom. The van der Waals surface area contributed by atoms with Crippen LogP contribution < -0.4 is 0 Å². The summed E-state index contributed by atoms with van der Waals surface area (Å²) in [5.41, 5.74) is 0.348. The fourth-order valence-corrected chi connectivity index (χ4v) is 2.48. The van der Waals surface area contributed by atoms with E-state index in [4.69, 9.17) is 0 Å². The van der Waals surface area contributed by atoms with Crippen molar-refractivity contribution in [2.24, 2.45) is 5.41 Å². The molecule has 2 rings (SSSR count). The van der Waals surface area contributed by atoms with Crippen molar-refractivity contribution in [2.45, 2.75) is 61.8 Å². The van der Waals surface area contributed by atoms with Gasteiger partial charge in [0, 0.05) is 20.1 Å². The molecule has 0 bridgehead atoms. The maximum Gasteiger partial charge on any atom is 0.673 e. The minimum absolute atomic E-state index is 0. The molecular formula is C20H30BF4Ir-. The summed E-state index contributed by atoms with van der Waals surface area (Å²) in [6, 6.07) is 0. The standard InChI is InChI=1S/2C10H15.BF4.Ir/c1-6-7(2)9(4)10(5)8(6)3;1-10(2,3)9-7-5-4-6-8-9;2-1(3,4)5;/h1-5H3;4-7H,8H2,1-3H3;;/q;;-1;. The number of hydrogen-bond donors (Lipinski definition) is 0. The molecule has 0 atom stereocenters. The smallest absolute Gasteiger partial charge is 0.418 e. The van der Waals surface area contributed by atoms with Crippen LogP contribution in [-0.4, -0.2) is 7.25 Å². The summed E-state index contributed by atoms with van der Waals surface area (Å²) in [5, 5.41) is 0. The molecule has 0 aromatic rings. The van der Waals surface area contributed by atoms with Gasteiger partial charge in [0.2, 0.25) is 0 Å². The molecule has 2 aliphatic rings. The van der Waals surface area contributed by atoms with Crippen LogP contribution in [0.1, 0.15) is 61.8 Å². The zero-order valence-corrected chi connectivity index (χ0v) is 19.3. The summed E-state index contributed by atoms with van der Waals surface area (Å²) in [5.74, 6) is 8.86. The molecule has 0 aliphatic heterocycles. The Morgan fingerprint density at radius 3 is 1.19 bits per heavy atom. The van der Waals surface area contributed by atoms with Crippen LogP contribution in [0.25, 0.3) is 0 Å². The molecule has 151 valence electrons. The van der Waals surface area contributed by atoms with Gasteiger partial charge in [0.1, 0.15) is 0 Å². The second-order valence-electron chi connectivity index (χ2n) is 7.39. The summed E-state index contributed by atoms with van der Waals surface area (Å²) in [6.45, 7) is 17.8. The van der Waals surface area contributed by atoms with Crippen molar-refractivity contribution in [2.75, 3.05) is 0 Å². The minimum atomic E-state index is -6.00. The third kappa shape index (κ3) is 11.3. The van der Waals surface area contributed by atoms with Crippen LogP contribution in [0.3, 0.4) is 0 Å². The number of hydrogen-bond acceptors (Lipinski definition) is 0. The third-order valence-electron chi connectivity index (χ3n) is 4.66. The van der Waals surface area contributed by atoms with E-state index in [9.17, 15) is 17.3 Å². The first kappa shape index (κ1) is 28.6. The van der Waals surface area contributed by atoms with Gasteiger partial charge in [0.25, 0.3) is 0 Å². The van der Waals surface area contributed by atoms with E-state index in [1.165, 1.54) is 35.5 Å². The Kier molecular flexibility index (Phi) is 13.3. The average molecular weight is 549 g/mol. The van der Waals surface area contributed by atoms with Crippen LogP contribution in [0, 0.1) is 66.6 Å². The van der Waals surface area contributed by atoms with Crippen LogP contribution in [-0.2, 0) is 20.1 Å². The average Bonchev–Trinajstić information content (AvgIpc) is 2.64. The molecule has 2 fully saturated rings. The van der Waals surface area contributed by atoms with Crippen molar-refractivity contribution < 1.29 is 37.4 Å². The van der Waals surface area contributed by atoms with E-state index < -0.39 is 7.25 Å². The van der Waals surface area contributed by atoms with Crippen molar-refractivity contribution in [1.29, 1.82) is 0 Å². The molecule has 11 radical (unpaired) electrons. The topological polar surface area (TPSA) is 0 Å². The van der Waals surface area contributed by atoms with Crippen molar-refractivity contribution in [3.05, 3.63) is 61.2 Å². The molecule has 6 heteroatoms. The predicted molar refractivity (Wildman–Crippen MR) is 99.3 cm³/mol. The van der Waals surface area contributed by atoms with Crippen LogP contribution in [0.4, 0.5) is 17.3 Å².